The van der Waals surface area contributed by atoms with Gasteiger partial charge in [-0.25, -0.2) is 12.8 Å². The van der Waals surface area contributed by atoms with Gasteiger partial charge in [0.1, 0.15) is 10.7 Å². The highest BCUT2D eigenvalue weighted by Crippen LogP contribution is 2.23. The molecule has 0 amide bonds. The normalized spacial score (nSPS) is 11.7. The largest absolute Gasteiger partial charge is 0.326 e. The SMILES string of the molecule is Cc1nn(C)c(C)c1S(=O)(=O)Nc1ccc(F)c(CN)c1. The second kappa shape index (κ2) is 5.45. The Morgan fingerprint density at radius 3 is 2.57 bits per heavy atom. The number of nitrogens with one attached hydrogen (secondary N) is 1. The lowest BCUT2D eigenvalue weighted by molar-refractivity contribution is 0.599. The van der Waals surface area contributed by atoms with Gasteiger partial charge in [-0.1, -0.05) is 0 Å². The van der Waals surface area contributed by atoms with Crippen LogP contribution in [0.15, 0.2) is 23.1 Å². The van der Waals surface area contributed by atoms with Crippen LogP contribution in [0.4, 0.5) is 10.1 Å². The zero-order valence-corrected chi connectivity index (χ0v) is 12.8. The van der Waals surface area contributed by atoms with Gasteiger partial charge in [0.25, 0.3) is 10.0 Å². The Labute approximate surface area is 122 Å². The lowest BCUT2D eigenvalue weighted by Crippen LogP contribution is -2.15. The van der Waals surface area contributed by atoms with Gasteiger partial charge in [-0.05, 0) is 32.0 Å². The van der Waals surface area contributed by atoms with Crippen molar-refractivity contribution in [2.24, 2.45) is 12.8 Å². The van der Waals surface area contributed by atoms with Crippen LogP contribution in [0.1, 0.15) is 17.0 Å². The molecule has 0 unspecified atom stereocenters. The zero-order chi connectivity index (χ0) is 15.8. The van der Waals surface area contributed by atoms with Gasteiger partial charge in [0.15, 0.2) is 0 Å². The number of benzene rings is 1. The van der Waals surface area contributed by atoms with Gasteiger partial charge in [0, 0.05) is 24.8 Å². The number of hydrogen-bond acceptors (Lipinski definition) is 4. The molecule has 2 aromatic rings. The van der Waals surface area contributed by atoms with Crippen molar-refractivity contribution in [3.63, 3.8) is 0 Å². The van der Waals surface area contributed by atoms with Crippen molar-refractivity contribution < 1.29 is 12.8 Å². The average molecular weight is 312 g/mol. The molecule has 0 aliphatic rings. The van der Waals surface area contributed by atoms with Crippen molar-refractivity contribution in [1.82, 2.24) is 9.78 Å². The number of nitrogens with zero attached hydrogens (tertiary/aromatic N) is 2. The Morgan fingerprint density at radius 2 is 2.05 bits per heavy atom. The Balaban J connectivity index is 2.42. The first-order valence-corrected chi connectivity index (χ1v) is 7.76. The summed E-state index contributed by atoms with van der Waals surface area (Å²) in [6, 6.07) is 3.92. The Bertz CT molecular complexity index is 784. The smallest absolute Gasteiger partial charge is 0.265 e. The fourth-order valence-corrected chi connectivity index (χ4v) is 3.63. The van der Waals surface area contributed by atoms with Crippen LogP contribution in [0.3, 0.4) is 0 Å². The molecule has 8 heteroatoms. The summed E-state index contributed by atoms with van der Waals surface area (Å²) in [5, 5.41) is 4.08. The maximum absolute atomic E-state index is 13.4. The maximum Gasteiger partial charge on any atom is 0.265 e. The van der Waals surface area contributed by atoms with Gasteiger partial charge in [0.2, 0.25) is 0 Å². The molecule has 0 spiro atoms. The first-order chi connectivity index (χ1) is 9.76. The number of nitrogens with two attached hydrogens (primary N) is 1. The summed E-state index contributed by atoms with van der Waals surface area (Å²) in [5.74, 6) is -0.464. The van der Waals surface area contributed by atoms with Crippen LogP contribution < -0.4 is 10.5 Å². The van der Waals surface area contributed by atoms with Crippen molar-refractivity contribution in [2.45, 2.75) is 25.3 Å². The quantitative estimate of drug-likeness (QED) is 0.894. The molecule has 0 radical (unpaired) electrons. The minimum Gasteiger partial charge on any atom is -0.326 e. The summed E-state index contributed by atoms with van der Waals surface area (Å²) in [6.45, 7) is 3.29. The third-order valence-corrected chi connectivity index (χ3v) is 4.86. The van der Waals surface area contributed by atoms with Gasteiger partial charge in [0.05, 0.1) is 11.4 Å². The summed E-state index contributed by atoms with van der Waals surface area (Å²) in [6.07, 6.45) is 0. The minimum absolute atomic E-state index is 0.00759. The lowest BCUT2D eigenvalue weighted by atomic mass is 10.2. The molecular weight excluding hydrogens is 295 g/mol. The molecule has 2 rings (SSSR count). The third-order valence-electron chi connectivity index (χ3n) is 3.23. The number of aryl methyl sites for hydroxylation is 2. The number of sulfonamides is 1. The number of rotatable bonds is 4. The molecule has 0 bridgehead atoms. The first kappa shape index (κ1) is 15.5. The molecule has 0 saturated carbocycles. The van der Waals surface area contributed by atoms with Crippen molar-refractivity contribution in [2.75, 3.05) is 4.72 Å². The highest BCUT2D eigenvalue weighted by atomic mass is 32.2. The number of aromatic nitrogens is 2. The molecule has 0 saturated heterocycles. The van der Waals surface area contributed by atoms with Crippen LogP contribution in [0, 0.1) is 19.7 Å². The van der Waals surface area contributed by atoms with E-state index < -0.39 is 15.8 Å². The van der Waals surface area contributed by atoms with E-state index >= 15 is 0 Å². The molecule has 0 fully saturated rings. The molecule has 1 heterocycles. The molecule has 0 aliphatic carbocycles. The molecule has 0 atom stereocenters. The molecule has 114 valence electrons. The van der Waals surface area contributed by atoms with E-state index in [0.717, 1.165) is 0 Å². The molecule has 3 N–H and O–H groups in total. The van der Waals surface area contributed by atoms with Gasteiger partial charge >= 0.3 is 0 Å². The molecule has 1 aromatic carbocycles. The molecule has 6 nitrogen and oxygen atoms in total. The third kappa shape index (κ3) is 2.91. The predicted octanol–water partition coefficient (Wildman–Crippen LogP) is 1.44. The highest BCUT2D eigenvalue weighted by Gasteiger charge is 2.24. The van der Waals surface area contributed by atoms with E-state index in [4.69, 9.17) is 5.73 Å². The van der Waals surface area contributed by atoms with E-state index in [1.165, 1.54) is 22.9 Å². The minimum atomic E-state index is -3.79. The fraction of sp³-hybridized carbons (Fsp3) is 0.308. The first-order valence-electron chi connectivity index (χ1n) is 6.27. The van der Waals surface area contributed by atoms with E-state index in [2.05, 4.69) is 9.82 Å². The number of anilines is 1. The topological polar surface area (TPSA) is 90.0 Å². The van der Waals surface area contributed by atoms with Crippen LogP contribution in [0.25, 0.3) is 0 Å². The Kier molecular flexibility index (Phi) is 4.02. The van der Waals surface area contributed by atoms with E-state index in [1.807, 2.05) is 0 Å². The van der Waals surface area contributed by atoms with Gasteiger partial charge < -0.3 is 5.73 Å². The van der Waals surface area contributed by atoms with Crippen LogP contribution >= 0.6 is 0 Å². The second-order valence-electron chi connectivity index (χ2n) is 4.74. The Morgan fingerprint density at radius 1 is 1.38 bits per heavy atom. The summed E-state index contributed by atoms with van der Waals surface area (Å²) >= 11 is 0. The lowest BCUT2D eigenvalue weighted by Gasteiger charge is -2.10. The summed E-state index contributed by atoms with van der Waals surface area (Å²) < 4.78 is 42.2. The zero-order valence-electron chi connectivity index (χ0n) is 12.0. The van der Waals surface area contributed by atoms with Crippen molar-refractivity contribution >= 4 is 15.7 Å². The standard InChI is InChI=1S/C13H17FN4O2S/c1-8-13(9(2)18(3)16-8)21(19,20)17-11-4-5-12(14)10(6-11)7-15/h4-6,17H,7,15H2,1-3H3. The van der Waals surface area contributed by atoms with Gasteiger partial charge in [-0.2, -0.15) is 5.10 Å². The monoisotopic (exact) mass is 312 g/mol. The van der Waals surface area contributed by atoms with Crippen molar-refractivity contribution in [3.8, 4) is 0 Å². The Hall–Kier alpha value is -1.93. The summed E-state index contributed by atoms with van der Waals surface area (Å²) in [7, 11) is -2.12. The molecule has 21 heavy (non-hydrogen) atoms. The van der Waals surface area contributed by atoms with Gasteiger partial charge in [-0.3, -0.25) is 9.40 Å². The predicted molar refractivity (Wildman–Crippen MR) is 77.8 cm³/mol. The highest BCUT2D eigenvalue weighted by molar-refractivity contribution is 7.92. The van der Waals surface area contributed by atoms with Crippen LogP contribution in [0.2, 0.25) is 0 Å². The number of hydrogen-bond donors (Lipinski definition) is 2. The van der Waals surface area contributed by atoms with Crippen molar-refractivity contribution in [1.29, 1.82) is 0 Å². The maximum atomic E-state index is 13.4. The van der Waals surface area contributed by atoms with E-state index in [9.17, 15) is 12.8 Å². The molecule has 1 aromatic heterocycles. The van der Waals surface area contributed by atoms with E-state index in [0.29, 0.717) is 11.4 Å². The summed E-state index contributed by atoms with van der Waals surface area (Å²) in [4.78, 5) is 0.128. The molecule has 0 aliphatic heterocycles. The molecular formula is C13H17FN4O2S. The van der Waals surface area contributed by atoms with Crippen molar-refractivity contribution in [3.05, 3.63) is 41.0 Å². The average Bonchev–Trinajstić information content (AvgIpc) is 2.65. The summed E-state index contributed by atoms with van der Waals surface area (Å²) in [5.41, 5.74) is 6.86. The fourth-order valence-electron chi connectivity index (χ4n) is 2.14. The van der Waals surface area contributed by atoms with E-state index in [1.54, 1.807) is 20.9 Å². The van der Waals surface area contributed by atoms with Crippen LogP contribution in [0.5, 0.6) is 0 Å². The van der Waals surface area contributed by atoms with E-state index in [-0.39, 0.29) is 22.7 Å². The van der Waals surface area contributed by atoms with Crippen LogP contribution in [-0.2, 0) is 23.6 Å². The van der Waals surface area contributed by atoms with Gasteiger partial charge in [-0.15, -0.1) is 0 Å². The number of halogens is 1. The van der Waals surface area contributed by atoms with Crippen LogP contribution in [-0.4, -0.2) is 18.2 Å². The second-order valence-corrected chi connectivity index (χ2v) is 6.36.